The van der Waals surface area contributed by atoms with E-state index >= 15 is 0 Å². The monoisotopic (exact) mass is 198 g/mol. The van der Waals surface area contributed by atoms with Gasteiger partial charge in [0.25, 0.3) is 0 Å². The van der Waals surface area contributed by atoms with Gasteiger partial charge in [0, 0.05) is 0 Å². The van der Waals surface area contributed by atoms with Crippen LogP contribution in [0.2, 0.25) is 30.7 Å². The first-order valence-corrected chi connectivity index (χ1v) is 10.7. The summed E-state index contributed by atoms with van der Waals surface area (Å²) in [6.07, 6.45) is 0. The van der Waals surface area contributed by atoms with E-state index in [0.717, 1.165) is 0 Å². The maximum Gasteiger partial charge on any atom is 0.153 e. The molecule has 1 saturated heterocycles. The fourth-order valence-electron chi connectivity index (χ4n) is 1.18. The molecule has 0 nitrogen and oxygen atoms in total. The molecule has 0 amide bonds. The topological polar surface area (TPSA) is 0 Å². The van der Waals surface area contributed by atoms with Crippen molar-refractivity contribution in [2.24, 2.45) is 0 Å². The quantitative estimate of drug-likeness (QED) is 0.415. The van der Waals surface area contributed by atoms with Crippen LogP contribution in [0.25, 0.3) is 0 Å². The molecule has 0 atom stereocenters. The second-order valence-corrected chi connectivity index (χ2v) is 13.9. The Morgan fingerprint density at radius 1 is 1.33 bits per heavy atom. The van der Waals surface area contributed by atoms with Crippen LogP contribution in [-0.2, 0) is 0 Å². The zero-order valence-corrected chi connectivity index (χ0v) is 9.33. The van der Waals surface area contributed by atoms with E-state index in [1.807, 2.05) is 0 Å². The van der Waals surface area contributed by atoms with E-state index in [2.05, 4.69) is 6.55 Å². The van der Waals surface area contributed by atoms with Crippen LogP contribution in [0.1, 0.15) is 0 Å². The van der Waals surface area contributed by atoms with Crippen molar-refractivity contribution in [1.29, 1.82) is 0 Å². The molecule has 0 spiro atoms. The Bertz CT molecular complexity index is 95.1. The van der Waals surface area contributed by atoms with Gasteiger partial charge in [-0.25, -0.2) is 0 Å². The first-order chi connectivity index (χ1) is 4.10. The predicted molar refractivity (Wildman–Crippen MR) is 49.7 cm³/mol. The minimum absolute atomic E-state index is 0.754. The zero-order valence-electron chi connectivity index (χ0n) is 5.66. The van der Waals surface area contributed by atoms with E-state index in [1.54, 1.807) is 0 Å². The van der Waals surface area contributed by atoms with Gasteiger partial charge in [0.15, 0.2) is 7.38 Å². The smallest absolute Gasteiger partial charge is 0.153 e. The van der Waals surface area contributed by atoms with E-state index in [-0.39, 0.29) is 0 Å². The van der Waals surface area contributed by atoms with Gasteiger partial charge in [-0.15, -0.1) is 0 Å². The molecule has 0 aliphatic carbocycles. The van der Waals surface area contributed by atoms with E-state index in [4.69, 9.17) is 22.2 Å². The fraction of sp³-hybridized carbons (Fsp3) is 1.00. The van der Waals surface area contributed by atoms with Crippen molar-refractivity contribution in [2.45, 2.75) is 30.7 Å². The number of rotatable bonds is 0. The Labute approximate surface area is 68.6 Å². The van der Waals surface area contributed by atoms with Crippen molar-refractivity contribution < 1.29 is 0 Å². The van der Waals surface area contributed by atoms with E-state index in [9.17, 15) is 0 Å². The summed E-state index contributed by atoms with van der Waals surface area (Å²) in [5.74, 6) is 0. The highest BCUT2D eigenvalue weighted by Gasteiger charge is 2.30. The Morgan fingerprint density at radius 3 is 2.11 bits per heavy atom. The maximum atomic E-state index is 6.24. The maximum absolute atomic E-state index is 6.24. The van der Waals surface area contributed by atoms with E-state index in [1.165, 1.54) is 24.2 Å². The largest absolute Gasteiger partial charge is 0.172 e. The lowest BCUT2D eigenvalue weighted by Gasteiger charge is -2.26. The van der Waals surface area contributed by atoms with Gasteiger partial charge in [-0.05, 0) is 24.2 Å². The van der Waals surface area contributed by atoms with Crippen LogP contribution in [0.15, 0.2) is 0 Å². The Kier molecular flexibility index (Phi) is 2.66. The Hall–Kier alpha value is 1.01. The highest BCUT2D eigenvalue weighted by Crippen LogP contribution is 2.33. The van der Waals surface area contributed by atoms with Crippen molar-refractivity contribution in [3.63, 3.8) is 0 Å². The molecular formula is C5H12Cl2Si2. The normalized spacial score (nSPS) is 45.0. The molecule has 0 radical (unpaired) electrons. The van der Waals surface area contributed by atoms with Gasteiger partial charge in [-0.3, -0.25) is 0 Å². The third-order valence-corrected chi connectivity index (χ3v) is 10.0. The van der Waals surface area contributed by atoms with Crippen molar-refractivity contribution in [1.82, 2.24) is 0 Å². The molecule has 1 aliphatic heterocycles. The summed E-state index contributed by atoms with van der Waals surface area (Å²) in [5, 5.41) is 0. The van der Waals surface area contributed by atoms with Gasteiger partial charge in [0.2, 0.25) is 0 Å². The average Bonchev–Trinajstić information content (AvgIpc) is 1.78. The van der Waals surface area contributed by atoms with Crippen LogP contribution >= 0.6 is 22.2 Å². The number of hydrogen-bond donors (Lipinski definition) is 0. The molecule has 54 valence electrons. The molecule has 0 aromatic heterocycles. The van der Waals surface area contributed by atoms with Crippen molar-refractivity contribution in [3.05, 3.63) is 0 Å². The SMILES string of the molecule is C[Si]1(Cl)CC[SiH](Cl)CC1. The first-order valence-electron chi connectivity index (χ1n) is 3.43. The molecule has 0 unspecified atom stereocenters. The molecular weight excluding hydrogens is 187 g/mol. The Balaban J connectivity index is 2.35. The van der Waals surface area contributed by atoms with Crippen molar-refractivity contribution in [2.75, 3.05) is 0 Å². The van der Waals surface area contributed by atoms with E-state index < -0.39 is 15.5 Å². The molecule has 0 bridgehead atoms. The minimum Gasteiger partial charge on any atom is -0.172 e. The van der Waals surface area contributed by atoms with Crippen LogP contribution in [0, 0.1) is 0 Å². The summed E-state index contributed by atoms with van der Waals surface area (Å²) in [5.41, 5.74) is 0. The van der Waals surface area contributed by atoms with Crippen molar-refractivity contribution >= 4 is 37.6 Å². The van der Waals surface area contributed by atoms with Gasteiger partial charge in [-0.1, -0.05) is 6.55 Å². The second-order valence-electron chi connectivity index (χ2n) is 3.09. The first kappa shape index (κ1) is 8.11. The van der Waals surface area contributed by atoms with Gasteiger partial charge in [0.1, 0.15) is 8.11 Å². The Morgan fingerprint density at radius 2 is 1.78 bits per heavy atom. The summed E-state index contributed by atoms with van der Waals surface area (Å²) in [4.78, 5) is 0. The number of halogens is 2. The molecule has 0 N–H and O–H groups in total. The highest BCUT2D eigenvalue weighted by molar-refractivity contribution is 7.22. The third kappa shape index (κ3) is 2.62. The van der Waals surface area contributed by atoms with Gasteiger partial charge >= 0.3 is 0 Å². The second kappa shape index (κ2) is 2.95. The van der Waals surface area contributed by atoms with Gasteiger partial charge in [0.05, 0.1) is 0 Å². The predicted octanol–water partition coefficient (Wildman–Crippen LogP) is 2.78. The van der Waals surface area contributed by atoms with Crippen LogP contribution in [0.5, 0.6) is 0 Å². The van der Waals surface area contributed by atoms with Gasteiger partial charge < -0.3 is 0 Å². The zero-order chi connectivity index (χ0) is 6.91. The fourth-order valence-corrected chi connectivity index (χ4v) is 13.0. The van der Waals surface area contributed by atoms with Crippen LogP contribution in [0.4, 0.5) is 0 Å². The average molecular weight is 199 g/mol. The summed E-state index contributed by atoms with van der Waals surface area (Å²) < 4.78 is 0. The summed E-state index contributed by atoms with van der Waals surface area (Å²) in [7, 11) is -1.96. The standard InChI is InChI=1S/C5H12Cl2Si2/c1-9(7)4-2-8(6)3-5-9/h8H,2-5H2,1H3. The molecule has 1 aliphatic rings. The molecule has 9 heavy (non-hydrogen) atoms. The molecule has 0 saturated carbocycles. The van der Waals surface area contributed by atoms with Crippen LogP contribution < -0.4 is 0 Å². The third-order valence-electron chi connectivity index (χ3n) is 1.96. The van der Waals surface area contributed by atoms with Crippen molar-refractivity contribution in [3.8, 4) is 0 Å². The van der Waals surface area contributed by atoms with Crippen LogP contribution in [0.3, 0.4) is 0 Å². The lowest BCUT2D eigenvalue weighted by molar-refractivity contribution is 1.19. The molecule has 0 aromatic carbocycles. The van der Waals surface area contributed by atoms with E-state index in [0.29, 0.717) is 0 Å². The lowest BCUT2D eigenvalue weighted by atomic mass is 10.9. The molecule has 1 heterocycles. The summed E-state index contributed by atoms with van der Waals surface area (Å²) >= 11 is 12.3. The molecule has 4 heteroatoms. The molecule has 1 rings (SSSR count). The molecule has 0 aromatic rings. The number of hydrogen-bond acceptors (Lipinski definition) is 0. The highest BCUT2D eigenvalue weighted by atomic mass is 35.6. The summed E-state index contributed by atoms with van der Waals surface area (Å²) in [6.45, 7) is 2.26. The minimum atomic E-state index is -1.21. The lowest BCUT2D eigenvalue weighted by Crippen LogP contribution is -2.29. The summed E-state index contributed by atoms with van der Waals surface area (Å²) in [6, 6.07) is 5.12. The van der Waals surface area contributed by atoms with Crippen LogP contribution in [-0.4, -0.2) is 15.5 Å². The van der Waals surface area contributed by atoms with Gasteiger partial charge in [-0.2, -0.15) is 22.2 Å². The molecule has 1 fully saturated rings.